The molecular formula is C52H35N5OS. The zero-order chi connectivity index (χ0) is 39.5. The fraction of sp³-hybridized carbons (Fsp3) is 0.0577. The van der Waals surface area contributed by atoms with Gasteiger partial charge in [-0.1, -0.05) is 177 Å². The maximum atomic E-state index is 6.24. The molecule has 6 nitrogen and oxygen atoms in total. The van der Waals surface area contributed by atoms with Crippen LogP contribution in [0.5, 0.6) is 0 Å². The molecule has 0 spiro atoms. The van der Waals surface area contributed by atoms with Crippen LogP contribution in [-0.4, -0.2) is 24.9 Å². The van der Waals surface area contributed by atoms with Crippen molar-refractivity contribution in [2.45, 2.75) is 29.1 Å². The lowest BCUT2D eigenvalue weighted by Gasteiger charge is -2.35. The van der Waals surface area contributed by atoms with Crippen molar-refractivity contribution in [3.63, 3.8) is 0 Å². The molecule has 7 aromatic carbocycles. The predicted octanol–water partition coefficient (Wildman–Crippen LogP) is 13.4. The lowest BCUT2D eigenvalue weighted by Crippen LogP contribution is -2.24. The summed E-state index contributed by atoms with van der Waals surface area (Å²) in [6, 6.07) is 60.2. The molecule has 1 aliphatic rings. The number of hydrogen-bond donors (Lipinski definition) is 0. The average molecular weight is 778 g/mol. The van der Waals surface area contributed by atoms with E-state index < -0.39 is 0 Å². The molecule has 0 aliphatic carbocycles. The Hall–Kier alpha value is -7.22. The van der Waals surface area contributed by atoms with Gasteiger partial charge in [-0.3, -0.25) is 0 Å². The quantitative estimate of drug-likeness (QED) is 0.166. The molecule has 0 fully saturated rings. The Balaban J connectivity index is 1.04. The molecule has 7 heteroatoms. The largest absolute Gasteiger partial charge is 0.456 e. The van der Waals surface area contributed by atoms with E-state index in [9.17, 15) is 0 Å². The SMILES string of the molecule is CC1(C)c2ccccc2Sc2c(-c3cc(-c4ccccc4)nc(-c4ccc(-c5nc(-c6ccccc6)nc(-c6cccc7oc8ccccc8c67)n5)cc4)n3)cccc21. The smallest absolute Gasteiger partial charge is 0.164 e. The number of para-hydroxylation sites is 1. The first-order chi connectivity index (χ1) is 29.0. The highest BCUT2D eigenvalue weighted by Gasteiger charge is 2.34. The van der Waals surface area contributed by atoms with Gasteiger partial charge < -0.3 is 4.42 Å². The Labute approximate surface area is 345 Å². The van der Waals surface area contributed by atoms with Crippen molar-refractivity contribution in [2.24, 2.45) is 0 Å². The second-order valence-corrected chi connectivity index (χ2v) is 16.3. The molecule has 0 radical (unpaired) electrons. The van der Waals surface area contributed by atoms with Gasteiger partial charge in [0, 0.05) is 59.4 Å². The monoisotopic (exact) mass is 777 g/mol. The van der Waals surface area contributed by atoms with E-state index in [4.69, 9.17) is 29.3 Å². The van der Waals surface area contributed by atoms with Gasteiger partial charge in [-0.2, -0.15) is 0 Å². The van der Waals surface area contributed by atoms with E-state index in [0.717, 1.165) is 66.7 Å². The van der Waals surface area contributed by atoms with Gasteiger partial charge in [-0.05, 0) is 35.4 Å². The van der Waals surface area contributed by atoms with Gasteiger partial charge in [0.05, 0.1) is 11.4 Å². The second-order valence-electron chi connectivity index (χ2n) is 15.3. The molecule has 280 valence electrons. The van der Waals surface area contributed by atoms with Crippen molar-refractivity contribution < 1.29 is 4.42 Å². The predicted molar refractivity (Wildman–Crippen MR) is 238 cm³/mol. The van der Waals surface area contributed by atoms with Gasteiger partial charge in [0.1, 0.15) is 11.2 Å². The molecular weight excluding hydrogens is 743 g/mol. The van der Waals surface area contributed by atoms with E-state index in [1.165, 1.54) is 20.9 Å². The minimum Gasteiger partial charge on any atom is -0.456 e. The van der Waals surface area contributed by atoms with Crippen molar-refractivity contribution in [3.8, 4) is 68.1 Å². The molecule has 0 unspecified atom stereocenters. The van der Waals surface area contributed by atoms with Crippen molar-refractivity contribution in [1.29, 1.82) is 0 Å². The van der Waals surface area contributed by atoms with E-state index in [2.05, 4.69) is 111 Å². The summed E-state index contributed by atoms with van der Waals surface area (Å²) >= 11 is 1.82. The third-order valence-corrected chi connectivity index (χ3v) is 12.5. The number of nitrogens with zero attached hydrogens (tertiary/aromatic N) is 5. The topological polar surface area (TPSA) is 77.6 Å². The molecule has 0 saturated carbocycles. The lowest BCUT2D eigenvalue weighted by molar-refractivity contribution is 0.608. The minimum atomic E-state index is -0.158. The van der Waals surface area contributed by atoms with Crippen LogP contribution in [0.25, 0.3) is 90.0 Å². The van der Waals surface area contributed by atoms with E-state index in [-0.39, 0.29) is 5.41 Å². The Kier molecular flexibility index (Phi) is 8.31. The lowest BCUT2D eigenvalue weighted by atomic mass is 9.77. The van der Waals surface area contributed by atoms with Crippen LogP contribution in [0.4, 0.5) is 0 Å². The summed E-state index contributed by atoms with van der Waals surface area (Å²) in [6.45, 7) is 4.63. The molecule has 0 saturated heterocycles. The minimum absolute atomic E-state index is 0.158. The summed E-state index contributed by atoms with van der Waals surface area (Å²) in [4.78, 5) is 28.2. The molecule has 11 rings (SSSR count). The van der Waals surface area contributed by atoms with Crippen LogP contribution >= 0.6 is 11.8 Å². The van der Waals surface area contributed by atoms with Crippen molar-refractivity contribution in [1.82, 2.24) is 24.9 Å². The molecule has 3 aromatic heterocycles. The molecule has 0 amide bonds. The summed E-state index contributed by atoms with van der Waals surface area (Å²) in [6.07, 6.45) is 0. The number of fused-ring (bicyclic) bond motifs is 5. The number of hydrogen-bond acceptors (Lipinski definition) is 7. The van der Waals surface area contributed by atoms with Crippen molar-refractivity contribution in [3.05, 3.63) is 187 Å². The fourth-order valence-electron chi connectivity index (χ4n) is 8.21. The summed E-state index contributed by atoms with van der Waals surface area (Å²) in [5.41, 5.74) is 11.5. The zero-order valence-electron chi connectivity index (χ0n) is 32.3. The van der Waals surface area contributed by atoms with Crippen LogP contribution in [0.15, 0.2) is 190 Å². The van der Waals surface area contributed by atoms with Crippen LogP contribution in [0.1, 0.15) is 25.0 Å². The maximum absolute atomic E-state index is 6.24. The number of furan rings is 1. The molecule has 0 atom stereocenters. The van der Waals surface area contributed by atoms with Gasteiger partial charge in [-0.25, -0.2) is 24.9 Å². The van der Waals surface area contributed by atoms with Gasteiger partial charge in [0.15, 0.2) is 23.3 Å². The van der Waals surface area contributed by atoms with Crippen LogP contribution in [-0.2, 0) is 5.41 Å². The second kappa shape index (κ2) is 14.0. The number of rotatable bonds is 6. The Morgan fingerprint density at radius 1 is 0.424 bits per heavy atom. The van der Waals surface area contributed by atoms with Gasteiger partial charge in [-0.15, -0.1) is 0 Å². The number of benzene rings is 7. The Morgan fingerprint density at radius 2 is 0.966 bits per heavy atom. The maximum Gasteiger partial charge on any atom is 0.164 e. The summed E-state index contributed by atoms with van der Waals surface area (Å²) < 4.78 is 6.24. The standard InChI is InChI=1S/C52H35N5OS/c1-52(2)39-22-10-12-26-45(39)59-47-36(20-13-23-40(47)52)42-31-41(32-15-5-3-6-16-32)53-48(54-42)34-27-29-35(30-28-34)50-55-49(33-17-7-4-8-18-33)56-51(57-50)38-21-14-25-44-46(38)37-19-9-11-24-43(37)58-44/h3-31H,1-2H3. The van der Waals surface area contributed by atoms with Gasteiger partial charge >= 0.3 is 0 Å². The summed E-state index contributed by atoms with van der Waals surface area (Å²) in [5, 5.41) is 2.00. The molecule has 4 heterocycles. The van der Waals surface area contributed by atoms with Crippen LogP contribution in [0, 0.1) is 0 Å². The Morgan fingerprint density at radius 3 is 1.73 bits per heavy atom. The molecule has 1 aliphatic heterocycles. The third kappa shape index (κ3) is 6.10. The van der Waals surface area contributed by atoms with E-state index >= 15 is 0 Å². The first-order valence-corrected chi connectivity index (χ1v) is 20.5. The fourth-order valence-corrected chi connectivity index (χ4v) is 9.73. The molecule has 59 heavy (non-hydrogen) atoms. The number of aromatic nitrogens is 5. The van der Waals surface area contributed by atoms with Crippen molar-refractivity contribution >= 4 is 33.7 Å². The van der Waals surface area contributed by atoms with Gasteiger partial charge in [0.2, 0.25) is 0 Å². The van der Waals surface area contributed by atoms with Crippen LogP contribution < -0.4 is 0 Å². The normalized spacial score (nSPS) is 13.0. The molecule has 0 N–H and O–H groups in total. The summed E-state index contributed by atoms with van der Waals surface area (Å²) in [5.74, 6) is 2.39. The van der Waals surface area contributed by atoms with Gasteiger partial charge in [0.25, 0.3) is 0 Å². The highest BCUT2D eigenvalue weighted by molar-refractivity contribution is 7.99. The van der Waals surface area contributed by atoms with E-state index in [1.54, 1.807) is 0 Å². The molecule has 10 aromatic rings. The Bertz CT molecular complexity index is 3210. The highest BCUT2D eigenvalue weighted by atomic mass is 32.2. The van der Waals surface area contributed by atoms with Crippen LogP contribution in [0.2, 0.25) is 0 Å². The van der Waals surface area contributed by atoms with Crippen LogP contribution in [0.3, 0.4) is 0 Å². The first kappa shape index (κ1) is 35.0. The first-order valence-electron chi connectivity index (χ1n) is 19.7. The molecule has 0 bridgehead atoms. The van der Waals surface area contributed by atoms with E-state index in [0.29, 0.717) is 23.3 Å². The third-order valence-electron chi connectivity index (χ3n) is 11.2. The zero-order valence-corrected chi connectivity index (χ0v) is 33.1. The summed E-state index contributed by atoms with van der Waals surface area (Å²) in [7, 11) is 0. The van der Waals surface area contributed by atoms with E-state index in [1.807, 2.05) is 90.6 Å². The van der Waals surface area contributed by atoms with Crippen molar-refractivity contribution in [2.75, 3.05) is 0 Å². The highest BCUT2D eigenvalue weighted by Crippen LogP contribution is 2.52. The average Bonchev–Trinajstić information content (AvgIpc) is 3.68.